The van der Waals surface area contributed by atoms with Crippen LogP contribution >= 0.6 is 0 Å². The topological polar surface area (TPSA) is 49.3 Å². The molecule has 0 aliphatic carbocycles. The Kier molecular flexibility index (Phi) is 5.77. The van der Waals surface area contributed by atoms with E-state index in [1.165, 1.54) is 0 Å². The van der Waals surface area contributed by atoms with Crippen molar-refractivity contribution >= 4 is 5.97 Å². The SMILES string of the molecule is CCCC(CC)(NC(C)CC)C(=O)O. The number of carbonyl (C=O) groups is 1. The number of carboxylic acid groups (broad SMARTS) is 1. The molecule has 2 N–H and O–H groups in total. The monoisotopic (exact) mass is 201 g/mol. The molecule has 0 aromatic carbocycles. The minimum atomic E-state index is -0.720. The molecule has 2 unspecified atom stereocenters. The summed E-state index contributed by atoms with van der Waals surface area (Å²) in [6.07, 6.45) is 3.19. The molecular weight excluding hydrogens is 178 g/mol. The highest BCUT2D eigenvalue weighted by Crippen LogP contribution is 2.19. The van der Waals surface area contributed by atoms with Gasteiger partial charge in [0.1, 0.15) is 5.54 Å². The van der Waals surface area contributed by atoms with Crippen LogP contribution in [0.15, 0.2) is 0 Å². The van der Waals surface area contributed by atoms with E-state index in [-0.39, 0.29) is 6.04 Å². The third-order valence-corrected chi connectivity index (χ3v) is 2.82. The highest BCUT2D eigenvalue weighted by molar-refractivity contribution is 5.78. The van der Waals surface area contributed by atoms with Crippen molar-refractivity contribution in [2.24, 2.45) is 0 Å². The van der Waals surface area contributed by atoms with Crippen molar-refractivity contribution in [1.29, 1.82) is 0 Å². The first-order chi connectivity index (χ1) is 6.52. The van der Waals surface area contributed by atoms with Gasteiger partial charge in [-0.15, -0.1) is 0 Å². The second-order valence-corrected chi connectivity index (χ2v) is 3.94. The van der Waals surface area contributed by atoms with Crippen LogP contribution in [0, 0.1) is 0 Å². The molecule has 3 nitrogen and oxygen atoms in total. The maximum atomic E-state index is 11.2. The van der Waals surface area contributed by atoms with Gasteiger partial charge in [-0.25, -0.2) is 0 Å². The molecule has 0 bridgehead atoms. The lowest BCUT2D eigenvalue weighted by molar-refractivity contribution is -0.145. The zero-order valence-corrected chi connectivity index (χ0v) is 9.76. The molecule has 0 aromatic heterocycles. The molecule has 2 atom stereocenters. The van der Waals surface area contributed by atoms with Crippen LogP contribution in [0.5, 0.6) is 0 Å². The quantitative estimate of drug-likeness (QED) is 0.665. The lowest BCUT2D eigenvalue weighted by Crippen LogP contribution is -2.54. The molecule has 0 saturated carbocycles. The fourth-order valence-electron chi connectivity index (χ4n) is 1.67. The average Bonchev–Trinajstić information content (AvgIpc) is 2.16. The van der Waals surface area contributed by atoms with E-state index >= 15 is 0 Å². The smallest absolute Gasteiger partial charge is 0.323 e. The average molecular weight is 201 g/mol. The second kappa shape index (κ2) is 6.02. The summed E-state index contributed by atoms with van der Waals surface area (Å²) in [5, 5.41) is 12.5. The minimum Gasteiger partial charge on any atom is -0.480 e. The van der Waals surface area contributed by atoms with Crippen molar-refractivity contribution in [2.45, 2.75) is 65.0 Å². The number of nitrogens with one attached hydrogen (secondary N) is 1. The Hall–Kier alpha value is -0.570. The van der Waals surface area contributed by atoms with E-state index in [9.17, 15) is 9.90 Å². The van der Waals surface area contributed by atoms with E-state index < -0.39 is 11.5 Å². The molecule has 0 amide bonds. The summed E-state index contributed by atoms with van der Waals surface area (Å²) in [4.78, 5) is 11.2. The predicted molar refractivity (Wildman–Crippen MR) is 58.5 cm³/mol. The van der Waals surface area contributed by atoms with E-state index in [1.54, 1.807) is 0 Å². The van der Waals surface area contributed by atoms with Crippen LogP contribution in [0.25, 0.3) is 0 Å². The summed E-state index contributed by atoms with van der Waals surface area (Å²) >= 11 is 0. The molecule has 0 fully saturated rings. The molecule has 0 aliphatic heterocycles. The van der Waals surface area contributed by atoms with Crippen molar-refractivity contribution in [3.8, 4) is 0 Å². The van der Waals surface area contributed by atoms with Crippen LogP contribution in [-0.2, 0) is 4.79 Å². The maximum absolute atomic E-state index is 11.2. The fourth-order valence-corrected chi connectivity index (χ4v) is 1.67. The predicted octanol–water partition coefficient (Wildman–Crippen LogP) is 2.41. The van der Waals surface area contributed by atoms with Crippen molar-refractivity contribution in [3.63, 3.8) is 0 Å². The highest BCUT2D eigenvalue weighted by atomic mass is 16.4. The summed E-state index contributed by atoms with van der Waals surface area (Å²) in [5.74, 6) is -0.720. The summed E-state index contributed by atoms with van der Waals surface area (Å²) in [6.45, 7) is 8.04. The van der Waals surface area contributed by atoms with E-state index in [2.05, 4.69) is 12.2 Å². The molecule has 0 spiro atoms. The maximum Gasteiger partial charge on any atom is 0.323 e. The Labute approximate surface area is 86.9 Å². The number of aliphatic carboxylic acids is 1. The van der Waals surface area contributed by atoms with Crippen molar-refractivity contribution in [2.75, 3.05) is 0 Å². The molecule has 0 heterocycles. The Morgan fingerprint density at radius 3 is 2.29 bits per heavy atom. The van der Waals surface area contributed by atoms with Gasteiger partial charge in [0.15, 0.2) is 0 Å². The Bertz CT molecular complexity index is 182. The molecule has 84 valence electrons. The minimum absolute atomic E-state index is 0.262. The summed E-state index contributed by atoms with van der Waals surface area (Å²) in [6, 6.07) is 0.262. The summed E-state index contributed by atoms with van der Waals surface area (Å²) in [7, 11) is 0. The lowest BCUT2D eigenvalue weighted by atomic mass is 9.89. The number of hydrogen-bond donors (Lipinski definition) is 2. The third-order valence-electron chi connectivity index (χ3n) is 2.82. The van der Waals surface area contributed by atoms with Gasteiger partial charge in [0.25, 0.3) is 0 Å². The first-order valence-electron chi connectivity index (χ1n) is 5.53. The van der Waals surface area contributed by atoms with E-state index in [0.29, 0.717) is 12.8 Å². The highest BCUT2D eigenvalue weighted by Gasteiger charge is 2.36. The number of carboxylic acids is 1. The lowest BCUT2D eigenvalue weighted by Gasteiger charge is -2.32. The van der Waals surface area contributed by atoms with Gasteiger partial charge in [-0.1, -0.05) is 27.2 Å². The fraction of sp³-hybridized carbons (Fsp3) is 0.909. The van der Waals surface area contributed by atoms with E-state index in [0.717, 1.165) is 12.8 Å². The van der Waals surface area contributed by atoms with E-state index in [4.69, 9.17) is 0 Å². The largest absolute Gasteiger partial charge is 0.480 e. The van der Waals surface area contributed by atoms with Gasteiger partial charge in [0.05, 0.1) is 0 Å². The molecule has 3 heteroatoms. The van der Waals surface area contributed by atoms with Crippen LogP contribution in [0.2, 0.25) is 0 Å². The Balaban J connectivity index is 4.57. The molecule has 0 aliphatic rings. The van der Waals surface area contributed by atoms with Gasteiger partial charge in [-0.2, -0.15) is 0 Å². The van der Waals surface area contributed by atoms with Crippen molar-refractivity contribution in [1.82, 2.24) is 5.32 Å². The summed E-state index contributed by atoms with van der Waals surface area (Å²) < 4.78 is 0. The van der Waals surface area contributed by atoms with Gasteiger partial charge >= 0.3 is 5.97 Å². The van der Waals surface area contributed by atoms with Gasteiger partial charge < -0.3 is 5.11 Å². The van der Waals surface area contributed by atoms with Gasteiger partial charge in [-0.3, -0.25) is 10.1 Å². The van der Waals surface area contributed by atoms with Crippen LogP contribution in [0.1, 0.15) is 53.4 Å². The molecule has 0 radical (unpaired) electrons. The number of hydrogen-bond acceptors (Lipinski definition) is 2. The Morgan fingerprint density at radius 1 is 1.43 bits per heavy atom. The number of rotatable bonds is 7. The van der Waals surface area contributed by atoms with Crippen LogP contribution in [-0.4, -0.2) is 22.7 Å². The first-order valence-corrected chi connectivity index (χ1v) is 5.53. The molecule has 0 saturated heterocycles. The van der Waals surface area contributed by atoms with Gasteiger partial charge in [0.2, 0.25) is 0 Å². The Morgan fingerprint density at radius 2 is 2.00 bits per heavy atom. The molecule has 0 aromatic rings. The van der Waals surface area contributed by atoms with Gasteiger partial charge in [0, 0.05) is 6.04 Å². The van der Waals surface area contributed by atoms with Crippen molar-refractivity contribution < 1.29 is 9.90 Å². The normalized spacial score (nSPS) is 17.4. The third kappa shape index (κ3) is 3.29. The standard InChI is InChI=1S/C11H23NO2/c1-5-8-11(7-3,10(13)14)12-9(4)6-2/h9,12H,5-8H2,1-4H3,(H,13,14). The van der Waals surface area contributed by atoms with Crippen LogP contribution in [0.3, 0.4) is 0 Å². The zero-order chi connectivity index (χ0) is 11.2. The molecular formula is C11H23NO2. The zero-order valence-electron chi connectivity index (χ0n) is 9.76. The van der Waals surface area contributed by atoms with Crippen molar-refractivity contribution in [3.05, 3.63) is 0 Å². The molecule has 0 rings (SSSR count). The summed E-state index contributed by atoms with van der Waals surface area (Å²) in [5.41, 5.74) is -0.718. The van der Waals surface area contributed by atoms with Gasteiger partial charge in [-0.05, 0) is 26.2 Å². The first kappa shape index (κ1) is 13.4. The second-order valence-electron chi connectivity index (χ2n) is 3.94. The van der Waals surface area contributed by atoms with Crippen LogP contribution in [0.4, 0.5) is 0 Å². The molecule has 14 heavy (non-hydrogen) atoms. The van der Waals surface area contributed by atoms with Crippen LogP contribution < -0.4 is 5.32 Å². The van der Waals surface area contributed by atoms with E-state index in [1.807, 2.05) is 20.8 Å².